The van der Waals surface area contributed by atoms with Gasteiger partial charge < -0.3 is 9.64 Å². The van der Waals surface area contributed by atoms with E-state index in [1.54, 1.807) is 47.4 Å². The summed E-state index contributed by atoms with van der Waals surface area (Å²) in [5.41, 5.74) is 3.42. The van der Waals surface area contributed by atoms with Gasteiger partial charge >= 0.3 is 0 Å². The first-order valence-corrected chi connectivity index (χ1v) is 10.7. The van der Waals surface area contributed by atoms with Crippen molar-refractivity contribution in [3.63, 3.8) is 0 Å². The number of ether oxygens (including phenoxy) is 1. The van der Waals surface area contributed by atoms with Crippen LogP contribution in [0.1, 0.15) is 50.5 Å². The molecule has 2 aliphatic heterocycles. The minimum absolute atomic E-state index is 0.0193. The minimum Gasteiger partial charge on any atom is -0.494 e. The molecule has 2 aliphatic rings. The van der Waals surface area contributed by atoms with Gasteiger partial charge in [-0.05, 0) is 74.4 Å². The van der Waals surface area contributed by atoms with Gasteiger partial charge in [0.15, 0.2) is 0 Å². The number of benzene rings is 3. The average Bonchev–Trinajstić information content (AvgIpc) is 3.27. The molecule has 32 heavy (non-hydrogen) atoms. The number of carbonyl (C=O) groups is 3. The van der Waals surface area contributed by atoms with Crippen LogP contribution in [0.4, 0.5) is 11.4 Å². The molecular weight excluding hydrogens is 404 g/mol. The van der Waals surface area contributed by atoms with Crippen molar-refractivity contribution in [2.24, 2.45) is 0 Å². The third kappa shape index (κ3) is 3.07. The number of amides is 3. The maximum Gasteiger partial charge on any atom is 0.266 e. The monoisotopic (exact) mass is 426 g/mol. The summed E-state index contributed by atoms with van der Waals surface area (Å²) in [6, 6.07) is 19.4. The van der Waals surface area contributed by atoms with Gasteiger partial charge in [0.25, 0.3) is 17.7 Å². The summed E-state index contributed by atoms with van der Waals surface area (Å²) in [6.07, 6.45) is 0.787. The number of imide groups is 1. The molecule has 0 N–H and O–H groups in total. The van der Waals surface area contributed by atoms with Crippen LogP contribution in [-0.2, 0) is 6.42 Å². The van der Waals surface area contributed by atoms with Gasteiger partial charge in [-0.15, -0.1) is 0 Å². The number of carbonyl (C=O) groups excluding carboxylic acids is 3. The second kappa shape index (κ2) is 7.64. The van der Waals surface area contributed by atoms with E-state index in [4.69, 9.17) is 4.74 Å². The van der Waals surface area contributed by atoms with E-state index in [0.717, 1.165) is 22.6 Å². The van der Waals surface area contributed by atoms with Gasteiger partial charge in [-0.1, -0.05) is 18.2 Å². The number of fused-ring (bicyclic) bond motifs is 2. The molecule has 2 heterocycles. The largest absolute Gasteiger partial charge is 0.494 e. The van der Waals surface area contributed by atoms with Crippen LogP contribution in [0.5, 0.6) is 5.75 Å². The molecular formula is C26H22N2O4. The summed E-state index contributed by atoms with van der Waals surface area (Å²) >= 11 is 0. The Morgan fingerprint density at radius 3 is 2.44 bits per heavy atom. The average molecular weight is 426 g/mol. The van der Waals surface area contributed by atoms with Crippen molar-refractivity contribution in [3.8, 4) is 5.75 Å². The first kappa shape index (κ1) is 20.0. The molecule has 3 aromatic carbocycles. The second-order valence-corrected chi connectivity index (χ2v) is 7.99. The Labute approximate surface area is 186 Å². The highest BCUT2D eigenvalue weighted by Crippen LogP contribution is 2.35. The molecule has 0 fully saturated rings. The lowest BCUT2D eigenvalue weighted by molar-refractivity contribution is 0.0925. The highest BCUT2D eigenvalue weighted by molar-refractivity contribution is 6.34. The van der Waals surface area contributed by atoms with Gasteiger partial charge in [-0.3, -0.25) is 14.4 Å². The highest BCUT2D eigenvalue weighted by Gasteiger charge is 2.38. The predicted octanol–water partition coefficient (Wildman–Crippen LogP) is 4.48. The first-order chi connectivity index (χ1) is 15.5. The molecule has 0 bridgehead atoms. The maximum atomic E-state index is 13.4. The molecule has 6 heteroatoms. The van der Waals surface area contributed by atoms with Crippen LogP contribution < -0.4 is 14.5 Å². The smallest absolute Gasteiger partial charge is 0.266 e. The molecule has 0 saturated heterocycles. The fourth-order valence-electron chi connectivity index (χ4n) is 4.48. The van der Waals surface area contributed by atoms with Crippen molar-refractivity contribution in [3.05, 3.63) is 89.0 Å². The zero-order chi connectivity index (χ0) is 22.4. The van der Waals surface area contributed by atoms with Gasteiger partial charge in [-0.25, -0.2) is 4.90 Å². The van der Waals surface area contributed by atoms with E-state index in [2.05, 4.69) is 0 Å². The fourth-order valence-corrected chi connectivity index (χ4v) is 4.48. The Morgan fingerprint density at radius 2 is 1.69 bits per heavy atom. The zero-order valence-electron chi connectivity index (χ0n) is 17.9. The van der Waals surface area contributed by atoms with Crippen LogP contribution >= 0.6 is 0 Å². The third-order valence-electron chi connectivity index (χ3n) is 5.97. The molecule has 0 saturated carbocycles. The summed E-state index contributed by atoms with van der Waals surface area (Å²) in [4.78, 5) is 42.3. The topological polar surface area (TPSA) is 66.9 Å². The molecule has 3 amide bonds. The van der Waals surface area contributed by atoms with E-state index < -0.39 is 11.8 Å². The number of hydrogen-bond acceptors (Lipinski definition) is 4. The molecule has 160 valence electrons. The van der Waals surface area contributed by atoms with Crippen molar-refractivity contribution in [1.82, 2.24) is 0 Å². The quantitative estimate of drug-likeness (QED) is 0.577. The Morgan fingerprint density at radius 1 is 0.969 bits per heavy atom. The van der Waals surface area contributed by atoms with Crippen LogP contribution in [0.25, 0.3) is 0 Å². The number of nitrogens with zero attached hydrogens (tertiary/aromatic N) is 2. The van der Waals surface area contributed by atoms with Crippen LogP contribution in [0.2, 0.25) is 0 Å². The Hall–Kier alpha value is -3.93. The van der Waals surface area contributed by atoms with Crippen molar-refractivity contribution >= 4 is 29.1 Å². The molecule has 0 aromatic heterocycles. The molecule has 6 nitrogen and oxygen atoms in total. The lowest BCUT2D eigenvalue weighted by atomic mass is 10.0. The van der Waals surface area contributed by atoms with Gasteiger partial charge in [-0.2, -0.15) is 0 Å². The molecule has 3 aromatic rings. The highest BCUT2D eigenvalue weighted by atomic mass is 16.5. The van der Waals surface area contributed by atoms with Crippen LogP contribution in [0, 0.1) is 0 Å². The normalized spacial score (nSPS) is 16.9. The van der Waals surface area contributed by atoms with Crippen molar-refractivity contribution in [1.29, 1.82) is 0 Å². The van der Waals surface area contributed by atoms with Crippen molar-refractivity contribution in [2.45, 2.75) is 26.3 Å². The summed E-state index contributed by atoms with van der Waals surface area (Å²) < 4.78 is 5.43. The van der Waals surface area contributed by atoms with Gasteiger partial charge in [0.1, 0.15) is 5.75 Å². The van der Waals surface area contributed by atoms with E-state index >= 15 is 0 Å². The molecule has 5 rings (SSSR count). The van der Waals surface area contributed by atoms with E-state index in [1.807, 2.05) is 38.1 Å². The van der Waals surface area contributed by atoms with Gasteiger partial charge in [0, 0.05) is 17.3 Å². The van der Waals surface area contributed by atoms with Gasteiger partial charge in [0.2, 0.25) is 0 Å². The van der Waals surface area contributed by atoms with E-state index in [-0.39, 0.29) is 17.5 Å². The maximum absolute atomic E-state index is 13.4. The first-order valence-electron chi connectivity index (χ1n) is 10.7. The Balaban J connectivity index is 1.46. The van der Waals surface area contributed by atoms with E-state index in [1.165, 1.54) is 0 Å². The summed E-state index contributed by atoms with van der Waals surface area (Å²) in [7, 11) is 0. The molecule has 0 spiro atoms. The number of anilines is 2. The molecule has 1 atom stereocenters. The fraction of sp³-hybridized carbons (Fsp3) is 0.192. The predicted molar refractivity (Wildman–Crippen MR) is 122 cm³/mol. The zero-order valence-corrected chi connectivity index (χ0v) is 17.9. The summed E-state index contributed by atoms with van der Waals surface area (Å²) in [5.74, 6) is -0.336. The number of para-hydroxylation sites is 1. The van der Waals surface area contributed by atoms with Crippen molar-refractivity contribution < 1.29 is 19.1 Å². The SMILES string of the molecule is CCOc1ccc(N2C(=O)c3ccc(C(=O)N4c5ccccc5CC4C)cc3C2=O)cc1. The Bertz CT molecular complexity index is 1250. The van der Waals surface area contributed by atoms with Crippen molar-refractivity contribution in [2.75, 3.05) is 16.4 Å². The summed E-state index contributed by atoms with van der Waals surface area (Å²) in [6.45, 7) is 4.43. The number of rotatable bonds is 4. The number of hydrogen-bond donors (Lipinski definition) is 0. The Kier molecular flexibility index (Phi) is 4.78. The van der Waals surface area contributed by atoms with E-state index in [9.17, 15) is 14.4 Å². The molecule has 0 aliphatic carbocycles. The van der Waals surface area contributed by atoms with E-state index in [0.29, 0.717) is 29.2 Å². The standard InChI is InChI=1S/C26H22N2O4/c1-3-32-20-11-9-19(10-12-20)28-25(30)21-13-8-18(15-22(21)26(28)31)24(29)27-16(2)14-17-6-4-5-7-23(17)27/h4-13,15-16H,3,14H2,1-2H3. The van der Waals surface area contributed by atoms with Crippen LogP contribution in [0.15, 0.2) is 66.7 Å². The van der Waals surface area contributed by atoms with Crippen LogP contribution in [-0.4, -0.2) is 30.4 Å². The summed E-state index contributed by atoms with van der Waals surface area (Å²) in [5, 5.41) is 0. The molecule has 1 unspecified atom stereocenters. The second-order valence-electron chi connectivity index (χ2n) is 7.99. The van der Waals surface area contributed by atoms with Crippen LogP contribution in [0.3, 0.4) is 0 Å². The lowest BCUT2D eigenvalue weighted by Gasteiger charge is -2.23. The lowest BCUT2D eigenvalue weighted by Crippen LogP contribution is -2.35. The third-order valence-corrected chi connectivity index (χ3v) is 5.97. The molecule has 0 radical (unpaired) electrons. The van der Waals surface area contributed by atoms with Gasteiger partial charge in [0.05, 0.1) is 23.4 Å². The minimum atomic E-state index is -0.432.